The van der Waals surface area contributed by atoms with Crippen LogP contribution < -0.4 is 16.4 Å². The van der Waals surface area contributed by atoms with E-state index in [1.54, 1.807) is 12.1 Å². The normalized spacial score (nSPS) is 12.0. The average Bonchev–Trinajstić information content (AvgIpc) is 2.95. The van der Waals surface area contributed by atoms with E-state index in [4.69, 9.17) is 10.2 Å². The highest BCUT2D eigenvalue weighted by Gasteiger charge is 2.16. The molecule has 114 valence electrons. The van der Waals surface area contributed by atoms with Gasteiger partial charge in [-0.25, -0.2) is 0 Å². The van der Waals surface area contributed by atoms with E-state index in [9.17, 15) is 14.4 Å². The van der Waals surface area contributed by atoms with Gasteiger partial charge in [0.15, 0.2) is 0 Å². The Morgan fingerprint density at radius 2 is 2.19 bits per heavy atom. The number of amides is 3. The molecule has 0 aliphatic rings. The Kier molecular flexibility index (Phi) is 6.73. The number of hydrogen-bond acceptors (Lipinski definition) is 4. The molecule has 0 aliphatic carbocycles. The zero-order chi connectivity index (χ0) is 15.7. The van der Waals surface area contributed by atoms with Crippen LogP contribution in [0.4, 0.5) is 0 Å². The third kappa shape index (κ3) is 6.42. The van der Waals surface area contributed by atoms with E-state index in [1.807, 2.05) is 6.92 Å². The molecule has 1 aromatic heterocycles. The number of nitrogens with two attached hydrogens (primary N) is 1. The van der Waals surface area contributed by atoms with Gasteiger partial charge in [0.05, 0.1) is 12.8 Å². The van der Waals surface area contributed by atoms with Crippen molar-refractivity contribution in [2.75, 3.05) is 6.54 Å². The second-order valence-electron chi connectivity index (χ2n) is 4.38. The van der Waals surface area contributed by atoms with Gasteiger partial charge in [-0.3, -0.25) is 14.4 Å². The molecule has 21 heavy (non-hydrogen) atoms. The predicted molar refractivity (Wildman–Crippen MR) is 76.8 cm³/mol. The maximum Gasteiger partial charge on any atom is 0.244 e. The van der Waals surface area contributed by atoms with Crippen molar-refractivity contribution in [2.45, 2.75) is 25.8 Å². The average molecular weight is 293 g/mol. The standard InChI is InChI=1S/C14H19N3O4/c1-2-4-11(14(15)20)17-13(19)9-16-12(18)7-6-10-5-3-8-21-10/h3,5-8,11H,2,4,9H2,1H3,(H2,15,20)(H,16,18)(H,17,19)/b7-6+/t11-/m0/s1. The van der Waals surface area contributed by atoms with Crippen LogP contribution in [0.2, 0.25) is 0 Å². The Bertz CT molecular complexity index is 508. The zero-order valence-corrected chi connectivity index (χ0v) is 11.8. The number of primary amides is 1. The second kappa shape index (κ2) is 8.57. The molecule has 0 radical (unpaired) electrons. The number of carbonyl (C=O) groups is 3. The van der Waals surface area contributed by atoms with Gasteiger partial charge >= 0.3 is 0 Å². The van der Waals surface area contributed by atoms with Gasteiger partial charge in [0, 0.05) is 6.08 Å². The first-order valence-electron chi connectivity index (χ1n) is 6.61. The SMILES string of the molecule is CCC[C@H](NC(=O)CNC(=O)/C=C/c1ccco1)C(N)=O. The van der Waals surface area contributed by atoms with Crippen molar-refractivity contribution in [1.82, 2.24) is 10.6 Å². The van der Waals surface area contributed by atoms with Gasteiger partial charge < -0.3 is 20.8 Å². The van der Waals surface area contributed by atoms with Crippen LogP contribution in [-0.4, -0.2) is 30.3 Å². The summed E-state index contributed by atoms with van der Waals surface area (Å²) in [6.45, 7) is 1.65. The highest BCUT2D eigenvalue weighted by atomic mass is 16.3. The van der Waals surface area contributed by atoms with Gasteiger partial charge in [-0.05, 0) is 24.6 Å². The monoisotopic (exact) mass is 293 g/mol. The quantitative estimate of drug-likeness (QED) is 0.593. The van der Waals surface area contributed by atoms with Crippen LogP contribution >= 0.6 is 0 Å². The van der Waals surface area contributed by atoms with Gasteiger partial charge in [0.1, 0.15) is 11.8 Å². The first kappa shape index (κ1) is 16.5. The van der Waals surface area contributed by atoms with Crippen molar-refractivity contribution in [3.8, 4) is 0 Å². The Balaban J connectivity index is 2.35. The van der Waals surface area contributed by atoms with Crippen molar-refractivity contribution in [3.63, 3.8) is 0 Å². The van der Waals surface area contributed by atoms with Crippen LogP contribution in [0.25, 0.3) is 6.08 Å². The van der Waals surface area contributed by atoms with Gasteiger partial charge in [-0.15, -0.1) is 0 Å². The molecule has 0 saturated heterocycles. The van der Waals surface area contributed by atoms with E-state index in [-0.39, 0.29) is 6.54 Å². The molecule has 0 spiro atoms. The van der Waals surface area contributed by atoms with Crippen LogP contribution in [0.5, 0.6) is 0 Å². The largest absolute Gasteiger partial charge is 0.465 e. The molecule has 0 fully saturated rings. The van der Waals surface area contributed by atoms with Crippen molar-refractivity contribution >= 4 is 23.8 Å². The van der Waals surface area contributed by atoms with Crippen LogP contribution in [0, 0.1) is 0 Å². The van der Waals surface area contributed by atoms with Crippen LogP contribution in [0.3, 0.4) is 0 Å². The second-order valence-corrected chi connectivity index (χ2v) is 4.38. The maximum absolute atomic E-state index is 11.6. The lowest BCUT2D eigenvalue weighted by Gasteiger charge is -2.14. The molecule has 0 aromatic carbocycles. The van der Waals surface area contributed by atoms with E-state index < -0.39 is 23.8 Å². The lowest BCUT2D eigenvalue weighted by atomic mass is 10.1. The molecule has 1 rings (SSSR count). The summed E-state index contributed by atoms with van der Waals surface area (Å²) < 4.78 is 5.02. The molecule has 3 amide bonds. The number of nitrogens with one attached hydrogen (secondary N) is 2. The highest BCUT2D eigenvalue weighted by molar-refractivity contribution is 5.94. The van der Waals surface area contributed by atoms with Crippen molar-refractivity contribution in [1.29, 1.82) is 0 Å². The molecule has 0 saturated carbocycles. The van der Waals surface area contributed by atoms with Crippen molar-refractivity contribution in [2.24, 2.45) is 5.73 Å². The number of carbonyl (C=O) groups excluding carboxylic acids is 3. The third-order valence-corrected chi connectivity index (χ3v) is 2.62. The summed E-state index contributed by atoms with van der Waals surface area (Å²) >= 11 is 0. The van der Waals surface area contributed by atoms with E-state index in [0.29, 0.717) is 18.6 Å². The minimum atomic E-state index is -0.710. The Morgan fingerprint density at radius 3 is 2.76 bits per heavy atom. The summed E-state index contributed by atoms with van der Waals surface area (Å²) in [7, 11) is 0. The molecule has 0 bridgehead atoms. The molecule has 1 heterocycles. The summed E-state index contributed by atoms with van der Waals surface area (Å²) in [5.41, 5.74) is 5.17. The topological polar surface area (TPSA) is 114 Å². The first-order chi connectivity index (χ1) is 10.0. The summed E-state index contributed by atoms with van der Waals surface area (Å²) in [4.78, 5) is 34.2. The fraction of sp³-hybridized carbons (Fsp3) is 0.357. The molecule has 4 N–H and O–H groups in total. The van der Waals surface area contributed by atoms with E-state index in [2.05, 4.69) is 10.6 Å². The van der Waals surface area contributed by atoms with Gasteiger partial charge in [-0.2, -0.15) is 0 Å². The predicted octanol–water partition coefficient (Wildman–Crippen LogP) is 0.179. The van der Waals surface area contributed by atoms with Crippen molar-refractivity contribution in [3.05, 3.63) is 30.2 Å². The molecule has 0 aliphatic heterocycles. The minimum absolute atomic E-state index is 0.227. The molecule has 1 atom stereocenters. The minimum Gasteiger partial charge on any atom is -0.465 e. The first-order valence-corrected chi connectivity index (χ1v) is 6.61. The lowest BCUT2D eigenvalue weighted by Crippen LogP contribution is -2.47. The Morgan fingerprint density at radius 1 is 1.43 bits per heavy atom. The highest BCUT2D eigenvalue weighted by Crippen LogP contribution is 2.01. The zero-order valence-electron chi connectivity index (χ0n) is 11.8. The fourth-order valence-corrected chi connectivity index (χ4v) is 1.59. The molecule has 7 nitrogen and oxygen atoms in total. The molecular weight excluding hydrogens is 274 g/mol. The van der Waals surface area contributed by atoms with E-state index in [1.165, 1.54) is 18.4 Å². The summed E-state index contributed by atoms with van der Waals surface area (Å²) in [5.74, 6) is -0.958. The van der Waals surface area contributed by atoms with Gasteiger partial charge in [0.25, 0.3) is 0 Å². The van der Waals surface area contributed by atoms with Crippen LogP contribution in [-0.2, 0) is 14.4 Å². The smallest absolute Gasteiger partial charge is 0.244 e. The fourth-order valence-electron chi connectivity index (χ4n) is 1.59. The molecule has 7 heteroatoms. The van der Waals surface area contributed by atoms with Gasteiger partial charge in [0.2, 0.25) is 17.7 Å². The lowest BCUT2D eigenvalue weighted by molar-refractivity contribution is -0.128. The van der Waals surface area contributed by atoms with Gasteiger partial charge in [-0.1, -0.05) is 13.3 Å². The summed E-state index contributed by atoms with van der Waals surface area (Å²) in [6, 6.07) is 2.68. The summed E-state index contributed by atoms with van der Waals surface area (Å²) in [6.07, 6.45) is 5.41. The maximum atomic E-state index is 11.6. The van der Waals surface area contributed by atoms with Crippen LogP contribution in [0.1, 0.15) is 25.5 Å². The van der Waals surface area contributed by atoms with Crippen molar-refractivity contribution < 1.29 is 18.8 Å². The van der Waals surface area contributed by atoms with E-state index >= 15 is 0 Å². The molecule has 1 aromatic rings. The third-order valence-electron chi connectivity index (χ3n) is 2.62. The number of furan rings is 1. The van der Waals surface area contributed by atoms with E-state index in [0.717, 1.165) is 0 Å². The summed E-state index contributed by atoms with van der Waals surface area (Å²) in [5, 5.41) is 4.87. The molecular formula is C14H19N3O4. The van der Waals surface area contributed by atoms with Crippen LogP contribution in [0.15, 0.2) is 28.9 Å². The number of hydrogen-bond donors (Lipinski definition) is 3. The number of rotatable bonds is 8. The molecule has 0 unspecified atom stereocenters. The Labute approximate surface area is 122 Å². The Hall–Kier alpha value is -2.57.